The zero-order chi connectivity index (χ0) is 13.6. The fourth-order valence-electron chi connectivity index (χ4n) is 2.24. The van der Waals surface area contributed by atoms with Crippen molar-refractivity contribution in [3.05, 3.63) is 12.7 Å². The average molecular weight is 258 g/mol. The van der Waals surface area contributed by atoms with E-state index in [4.69, 9.17) is 18.9 Å². The molecule has 0 spiro atoms. The molecule has 0 radical (unpaired) electrons. The Kier molecular flexibility index (Phi) is 6.29. The molecule has 4 heteroatoms. The zero-order valence-corrected chi connectivity index (χ0v) is 12.0. The molecule has 18 heavy (non-hydrogen) atoms. The quantitative estimate of drug-likeness (QED) is 0.495. The Morgan fingerprint density at radius 2 is 2.11 bits per heavy atom. The molecule has 0 bridgehead atoms. The standard InChI is InChI=1S/C14H26O4/c1-6-11(4)13(16-10-15-5)12-9-17-14(7-2,8-3)18-12/h6,11-13H,1,7-10H2,2-5H3/t11-,12+,13-/m0/s1. The van der Waals surface area contributed by atoms with E-state index in [1.165, 1.54) is 0 Å². The summed E-state index contributed by atoms with van der Waals surface area (Å²) in [6.07, 6.45) is 3.43. The van der Waals surface area contributed by atoms with E-state index in [-0.39, 0.29) is 24.9 Å². The molecule has 0 aromatic rings. The Morgan fingerprint density at radius 3 is 2.56 bits per heavy atom. The van der Waals surface area contributed by atoms with E-state index in [0.29, 0.717) is 6.61 Å². The molecule has 1 saturated heterocycles. The number of rotatable bonds is 8. The van der Waals surface area contributed by atoms with Crippen LogP contribution in [0.25, 0.3) is 0 Å². The van der Waals surface area contributed by atoms with Gasteiger partial charge >= 0.3 is 0 Å². The maximum Gasteiger partial charge on any atom is 0.168 e. The summed E-state index contributed by atoms with van der Waals surface area (Å²) < 4.78 is 22.6. The van der Waals surface area contributed by atoms with Crippen molar-refractivity contribution in [1.82, 2.24) is 0 Å². The van der Waals surface area contributed by atoms with E-state index in [9.17, 15) is 0 Å². The highest BCUT2D eigenvalue weighted by molar-refractivity contribution is 4.90. The van der Waals surface area contributed by atoms with Gasteiger partial charge < -0.3 is 18.9 Å². The number of ether oxygens (including phenoxy) is 4. The minimum atomic E-state index is -0.444. The Labute approximate surface area is 110 Å². The van der Waals surface area contributed by atoms with Crippen LogP contribution in [0.15, 0.2) is 12.7 Å². The fourth-order valence-corrected chi connectivity index (χ4v) is 2.24. The van der Waals surface area contributed by atoms with Crippen LogP contribution in [0.5, 0.6) is 0 Å². The lowest BCUT2D eigenvalue weighted by Crippen LogP contribution is -2.38. The van der Waals surface area contributed by atoms with Gasteiger partial charge in [-0.2, -0.15) is 0 Å². The summed E-state index contributed by atoms with van der Waals surface area (Å²) in [7, 11) is 1.62. The van der Waals surface area contributed by atoms with E-state index < -0.39 is 5.79 Å². The van der Waals surface area contributed by atoms with Gasteiger partial charge in [0.1, 0.15) is 12.9 Å². The molecule has 1 fully saturated rings. The Morgan fingerprint density at radius 1 is 1.44 bits per heavy atom. The van der Waals surface area contributed by atoms with Crippen LogP contribution in [0, 0.1) is 5.92 Å². The van der Waals surface area contributed by atoms with E-state index >= 15 is 0 Å². The molecule has 0 aliphatic carbocycles. The van der Waals surface area contributed by atoms with Crippen LogP contribution < -0.4 is 0 Å². The summed E-state index contributed by atoms with van der Waals surface area (Å²) in [6, 6.07) is 0. The maximum atomic E-state index is 6.08. The van der Waals surface area contributed by atoms with Crippen molar-refractivity contribution in [3.8, 4) is 0 Å². The molecule has 0 N–H and O–H groups in total. The van der Waals surface area contributed by atoms with Crippen molar-refractivity contribution < 1.29 is 18.9 Å². The smallest absolute Gasteiger partial charge is 0.168 e. The van der Waals surface area contributed by atoms with Crippen molar-refractivity contribution in [3.63, 3.8) is 0 Å². The van der Waals surface area contributed by atoms with E-state index in [0.717, 1.165) is 12.8 Å². The predicted octanol–water partition coefficient (Wildman–Crippen LogP) is 2.73. The van der Waals surface area contributed by atoms with Gasteiger partial charge in [0.25, 0.3) is 0 Å². The third-order valence-electron chi connectivity index (χ3n) is 3.59. The molecule has 1 aliphatic heterocycles. The van der Waals surface area contributed by atoms with Crippen LogP contribution in [0.4, 0.5) is 0 Å². The van der Waals surface area contributed by atoms with Gasteiger partial charge in [-0.3, -0.25) is 0 Å². The molecule has 106 valence electrons. The first-order valence-electron chi connectivity index (χ1n) is 6.67. The van der Waals surface area contributed by atoms with Crippen molar-refractivity contribution in [2.24, 2.45) is 5.92 Å². The third kappa shape index (κ3) is 3.54. The average Bonchev–Trinajstić information content (AvgIpc) is 2.84. The molecule has 4 nitrogen and oxygen atoms in total. The Bertz CT molecular complexity index is 250. The van der Waals surface area contributed by atoms with Crippen molar-refractivity contribution >= 4 is 0 Å². The van der Waals surface area contributed by atoms with Crippen LogP contribution in [0.3, 0.4) is 0 Å². The van der Waals surface area contributed by atoms with Gasteiger partial charge in [0.2, 0.25) is 0 Å². The first-order valence-corrected chi connectivity index (χ1v) is 6.67. The zero-order valence-electron chi connectivity index (χ0n) is 12.0. The topological polar surface area (TPSA) is 36.9 Å². The molecule has 0 unspecified atom stereocenters. The van der Waals surface area contributed by atoms with Gasteiger partial charge in [-0.15, -0.1) is 6.58 Å². The maximum absolute atomic E-state index is 6.08. The minimum absolute atomic E-state index is 0.0620. The highest BCUT2D eigenvalue weighted by atomic mass is 16.8. The van der Waals surface area contributed by atoms with Crippen LogP contribution in [-0.4, -0.2) is 38.5 Å². The second kappa shape index (κ2) is 7.24. The van der Waals surface area contributed by atoms with Crippen LogP contribution in [0.2, 0.25) is 0 Å². The highest BCUT2D eigenvalue weighted by Crippen LogP contribution is 2.33. The second-order valence-corrected chi connectivity index (χ2v) is 4.72. The summed E-state index contributed by atoms with van der Waals surface area (Å²) in [5.41, 5.74) is 0. The van der Waals surface area contributed by atoms with Gasteiger partial charge in [-0.05, 0) is 12.8 Å². The van der Waals surface area contributed by atoms with Crippen LogP contribution >= 0.6 is 0 Å². The largest absolute Gasteiger partial charge is 0.359 e. The van der Waals surface area contributed by atoms with Crippen molar-refractivity contribution in [1.29, 1.82) is 0 Å². The van der Waals surface area contributed by atoms with E-state index in [1.807, 2.05) is 6.08 Å². The monoisotopic (exact) mass is 258 g/mol. The van der Waals surface area contributed by atoms with Crippen molar-refractivity contribution in [2.75, 3.05) is 20.5 Å². The second-order valence-electron chi connectivity index (χ2n) is 4.72. The summed E-state index contributed by atoms with van der Waals surface area (Å²) >= 11 is 0. The molecule has 1 rings (SSSR count). The SMILES string of the molecule is C=C[C@H](C)[C@H](OCOC)[C@H]1COC(CC)(CC)O1. The minimum Gasteiger partial charge on any atom is -0.359 e. The van der Waals surface area contributed by atoms with Gasteiger partial charge in [0, 0.05) is 13.0 Å². The normalized spacial score (nSPS) is 25.9. The molecule has 0 saturated carbocycles. The van der Waals surface area contributed by atoms with Gasteiger partial charge in [-0.25, -0.2) is 0 Å². The lowest BCUT2D eigenvalue weighted by atomic mass is 10.00. The Hall–Kier alpha value is -0.420. The van der Waals surface area contributed by atoms with Crippen molar-refractivity contribution in [2.45, 2.75) is 51.6 Å². The summed E-state index contributed by atoms with van der Waals surface area (Å²) in [5, 5.41) is 0. The molecular formula is C14H26O4. The third-order valence-corrected chi connectivity index (χ3v) is 3.59. The first-order chi connectivity index (χ1) is 8.62. The van der Waals surface area contributed by atoms with E-state index in [1.54, 1.807) is 7.11 Å². The van der Waals surface area contributed by atoms with Gasteiger partial charge in [0.15, 0.2) is 5.79 Å². The molecule has 3 atom stereocenters. The summed E-state index contributed by atoms with van der Waals surface area (Å²) in [6.45, 7) is 10.9. The van der Waals surface area contributed by atoms with Gasteiger partial charge in [-0.1, -0.05) is 26.8 Å². The number of hydrogen-bond acceptors (Lipinski definition) is 4. The number of methoxy groups -OCH3 is 1. The molecule has 1 aliphatic rings. The molecule has 0 amide bonds. The summed E-state index contributed by atoms with van der Waals surface area (Å²) in [4.78, 5) is 0. The molecule has 0 aromatic carbocycles. The molecule has 0 aromatic heterocycles. The predicted molar refractivity (Wildman–Crippen MR) is 70.2 cm³/mol. The van der Waals surface area contributed by atoms with Crippen LogP contribution in [0.1, 0.15) is 33.6 Å². The highest BCUT2D eigenvalue weighted by Gasteiger charge is 2.43. The van der Waals surface area contributed by atoms with Crippen LogP contribution in [-0.2, 0) is 18.9 Å². The fraction of sp³-hybridized carbons (Fsp3) is 0.857. The van der Waals surface area contributed by atoms with Gasteiger partial charge in [0.05, 0.1) is 12.7 Å². The Balaban J connectivity index is 2.67. The lowest BCUT2D eigenvalue weighted by molar-refractivity contribution is -0.196. The number of hydrogen-bond donors (Lipinski definition) is 0. The first kappa shape index (κ1) is 15.6. The molecular weight excluding hydrogens is 232 g/mol. The molecule has 1 heterocycles. The lowest BCUT2D eigenvalue weighted by Gasteiger charge is -2.29. The van der Waals surface area contributed by atoms with E-state index in [2.05, 4.69) is 27.4 Å². The summed E-state index contributed by atoms with van der Waals surface area (Å²) in [5.74, 6) is -0.251.